The van der Waals surface area contributed by atoms with E-state index in [1.165, 1.54) is 11.8 Å². The summed E-state index contributed by atoms with van der Waals surface area (Å²) in [5.74, 6) is 0.0256. The molecule has 0 unspecified atom stereocenters. The number of anilines is 1. The average Bonchev–Trinajstić information content (AvgIpc) is 3.11. The molecule has 1 amide bonds. The molecule has 1 aliphatic rings. The lowest BCUT2D eigenvalue weighted by Crippen LogP contribution is -2.28. The molecule has 26 heavy (non-hydrogen) atoms. The number of carbonyl (C=O) groups is 1. The van der Waals surface area contributed by atoms with Crippen LogP contribution in [0.15, 0.2) is 34.1 Å². The van der Waals surface area contributed by atoms with E-state index in [0.717, 1.165) is 30.5 Å². The molecule has 0 saturated carbocycles. The van der Waals surface area contributed by atoms with Crippen molar-refractivity contribution in [2.75, 3.05) is 17.7 Å². The van der Waals surface area contributed by atoms with Gasteiger partial charge in [-0.1, -0.05) is 23.4 Å². The quantitative estimate of drug-likeness (QED) is 0.557. The van der Waals surface area contributed by atoms with Crippen LogP contribution in [0, 0.1) is 0 Å². The molecule has 0 spiro atoms. The zero-order valence-electron chi connectivity index (χ0n) is 14.2. The summed E-state index contributed by atoms with van der Waals surface area (Å²) in [6.07, 6.45) is 3.21. The van der Waals surface area contributed by atoms with Gasteiger partial charge in [-0.25, -0.2) is 4.79 Å². The van der Waals surface area contributed by atoms with Crippen LogP contribution in [0.3, 0.4) is 0 Å². The van der Waals surface area contributed by atoms with E-state index in [9.17, 15) is 9.59 Å². The number of rotatable bonds is 7. The molecule has 8 heteroatoms. The molecule has 0 saturated heterocycles. The summed E-state index contributed by atoms with van der Waals surface area (Å²) in [7, 11) is 0. The Kier molecular flexibility index (Phi) is 6.34. The van der Waals surface area contributed by atoms with Crippen molar-refractivity contribution in [1.82, 2.24) is 9.55 Å². The van der Waals surface area contributed by atoms with Crippen molar-refractivity contribution >= 4 is 35.0 Å². The highest BCUT2D eigenvalue weighted by molar-refractivity contribution is 8.00. The number of fused-ring (bicyclic) bond motifs is 1. The Balaban J connectivity index is 1.69. The smallest absolute Gasteiger partial charge is 0.348 e. The molecular formula is C18H20ClN3O3S. The Bertz CT molecular complexity index is 852. The number of thioether (sulfide) groups is 1. The van der Waals surface area contributed by atoms with Gasteiger partial charge in [0, 0.05) is 35.1 Å². The topological polar surface area (TPSA) is 84.2 Å². The van der Waals surface area contributed by atoms with E-state index in [1.54, 1.807) is 28.8 Å². The summed E-state index contributed by atoms with van der Waals surface area (Å²) < 4.78 is 1.66. The highest BCUT2D eigenvalue weighted by Gasteiger charge is 2.22. The number of aliphatic hydroxyl groups excluding tert-OH is 1. The summed E-state index contributed by atoms with van der Waals surface area (Å²) in [6, 6.07) is 6.90. The van der Waals surface area contributed by atoms with Gasteiger partial charge in [-0.2, -0.15) is 4.98 Å². The van der Waals surface area contributed by atoms with Crippen LogP contribution in [0.5, 0.6) is 0 Å². The van der Waals surface area contributed by atoms with Crippen molar-refractivity contribution in [3.05, 3.63) is 51.0 Å². The largest absolute Gasteiger partial charge is 0.396 e. The maximum absolute atomic E-state index is 12.3. The molecule has 1 aliphatic carbocycles. The Morgan fingerprint density at radius 2 is 2.08 bits per heavy atom. The molecule has 2 aromatic rings. The number of aliphatic hydroxyl groups is 1. The minimum Gasteiger partial charge on any atom is -0.396 e. The molecule has 1 aromatic heterocycles. The number of carbonyl (C=O) groups excluding carboxylic acids is 1. The van der Waals surface area contributed by atoms with E-state index in [0.29, 0.717) is 28.7 Å². The van der Waals surface area contributed by atoms with Crippen LogP contribution < -0.4 is 11.0 Å². The predicted octanol–water partition coefficient (Wildman–Crippen LogP) is 2.50. The molecule has 6 nitrogen and oxygen atoms in total. The van der Waals surface area contributed by atoms with Crippen molar-refractivity contribution in [2.24, 2.45) is 0 Å². The van der Waals surface area contributed by atoms with Crippen LogP contribution in [0.1, 0.15) is 24.1 Å². The molecule has 0 bridgehead atoms. The second-order valence-corrected chi connectivity index (χ2v) is 7.45. The standard InChI is InChI=1S/C18H20ClN3O3S/c19-12-5-7-13(8-6-12)20-16(24)11-26-17-14-3-1-4-15(14)22(9-2-10-23)18(25)21-17/h5-8,23H,1-4,9-11H2,(H,20,24). The first-order valence-electron chi connectivity index (χ1n) is 8.50. The molecule has 1 aromatic carbocycles. The number of nitrogens with one attached hydrogen (secondary N) is 1. The van der Waals surface area contributed by atoms with Crippen molar-refractivity contribution in [3.63, 3.8) is 0 Å². The molecule has 0 fully saturated rings. The lowest BCUT2D eigenvalue weighted by atomic mass is 10.2. The Hall–Kier alpha value is -1.83. The van der Waals surface area contributed by atoms with Crippen molar-refractivity contribution in [3.8, 4) is 0 Å². The van der Waals surface area contributed by atoms with Gasteiger partial charge in [0.15, 0.2) is 0 Å². The van der Waals surface area contributed by atoms with Crippen LogP contribution >= 0.6 is 23.4 Å². The highest BCUT2D eigenvalue weighted by Crippen LogP contribution is 2.29. The Morgan fingerprint density at radius 1 is 1.31 bits per heavy atom. The summed E-state index contributed by atoms with van der Waals surface area (Å²) in [4.78, 5) is 28.7. The fourth-order valence-corrected chi connectivity index (χ4v) is 4.03. The Morgan fingerprint density at radius 3 is 2.81 bits per heavy atom. The molecule has 0 atom stereocenters. The summed E-state index contributed by atoms with van der Waals surface area (Å²) >= 11 is 7.12. The third-order valence-electron chi connectivity index (χ3n) is 4.21. The maximum Gasteiger partial charge on any atom is 0.348 e. The summed E-state index contributed by atoms with van der Waals surface area (Å²) in [6.45, 7) is 0.523. The van der Waals surface area contributed by atoms with Gasteiger partial charge in [0.2, 0.25) is 5.91 Å². The van der Waals surface area contributed by atoms with Crippen LogP contribution in [0.4, 0.5) is 5.69 Å². The first-order chi connectivity index (χ1) is 12.6. The predicted molar refractivity (Wildman–Crippen MR) is 103 cm³/mol. The summed E-state index contributed by atoms with van der Waals surface area (Å²) in [5, 5.41) is 13.1. The second-order valence-electron chi connectivity index (χ2n) is 6.05. The number of benzene rings is 1. The third kappa shape index (κ3) is 4.47. The zero-order valence-corrected chi connectivity index (χ0v) is 15.8. The van der Waals surface area contributed by atoms with Gasteiger partial charge < -0.3 is 10.4 Å². The van der Waals surface area contributed by atoms with Gasteiger partial charge >= 0.3 is 5.69 Å². The van der Waals surface area contributed by atoms with Gasteiger partial charge in [-0.05, 0) is 49.9 Å². The van der Waals surface area contributed by atoms with Gasteiger partial charge in [0.1, 0.15) is 5.03 Å². The van der Waals surface area contributed by atoms with Crippen molar-refractivity contribution in [2.45, 2.75) is 37.3 Å². The van der Waals surface area contributed by atoms with E-state index in [-0.39, 0.29) is 24.0 Å². The number of aromatic nitrogens is 2. The summed E-state index contributed by atoms with van der Waals surface area (Å²) in [5.41, 5.74) is 2.43. The molecule has 2 N–H and O–H groups in total. The molecule has 1 heterocycles. The lowest BCUT2D eigenvalue weighted by molar-refractivity contribution is -0.113. The van der Waals surface area contributed by atoms with Gasteiger partial charge in [0.25, 0.3) is 0 Å². The number of halogens is 1. The maximum atomic E-state index is 12.3. The number of hydrogen-bond acceptors (Lipinski definition) is 5. The minimum atomic E-state index is -0.306. The van der Waals surface area contributed by atoms with Gasteiger partial charge in [0.05, 0.1) is 5.75 Å². The third-order valence-corrected chi connectivity index (χ3v) is 5.48. The highest BCUT2D eigenvalue weighted by atomic mass is 35.5. The SMILES string of the molecule is O=C(CSc1nc(=O)n(CCCO)c2c1CCC2)Nc1ccc(Cl)cc1. The van der Waals surface area contributed by atoms with Crippen LogP contribution in [-0.2, 0) is 24.2 Å². The first kappa shape index (κ1) is 18.9. The van der Waals surface area contributed by atoms with E-state index < -0.39 is 0 Å². The van der Waals surface area contributed by atoms with E-state index >= 15 is 0 Å². The number of hydrogen-bond donors (Lipinski definition) is 2. The molecular weight excluding hydrogens is 374 g/mol. The lowest BCUT2D eigenvalue weighted by Gasteiger charge is -2.13. The number of amides is 1. The minimum absolute atomic E-state index is 0.0442. The van der Waals surface area contributed by atoms with E-state index in [2.05, 4.69) is 10.3 Å². The van der Waals surface area contributed by atoms with Gasteiger partial charge in [-0.3, -0.25) is 9.36 Å². The number of nitrogens with zero attached hydrogens (tertiary/aromatic N) is 2. The first-order valence-corrected chi connectivity index (χ1v) is 9.86. The molecule has 0 radical (unpaired) electrons. The van der Waals surface area contributed by atoms with Crippen molar-refractivity contribution in [1.29, 1.82) is 0 Å². The van der Waals surface area contributed by atoms with Crippen LogP contribution in [0.25, 0.3) is 0 Å². The normalized spacial score (nSPS) is 12.8. The molecule has 0 aliphatic heterocycles. The van der Waals surface area contributed by atoms with Gasteiger partial charge in [-0.15, -0.1) is 0 Å². The fraction of sp³-hybridized carbons (Fsp3) is 0.389. The monoisotopic (exact) mass is 393 g/mol. The molecule has 138 valence electrons. The average molecular weight is 394 g/mol. The van der Waals surface area contributed by atoms with Crippen LogP contribution in [0.2, 0.25) is 5.02 Å². The van der Waals surface area contributed by atoms with Crippen molar-refractivity contribution < 1.29 is 9.90 Å². The molecule has 3 rings (SSSR count). The van der Waals surface area contributed by atoms with E-state index in [4.69, 9.17) is 16.7 Å². The van der Waals surface area contributed by atoms with E-state index in [1.807, 2.05) is 0 Å². The second kappa shape index (κ2) is 8.70. The fourth-order valence-electron chi connectivity index (χ4n) is 3.03. The zero-order chi connectivity index (χ0) is 18.5. The Labute approximate surface area is 160 Å². The van der Waals surface area contributed by atoms with Crippen LogP contribution in [-0.4, -0.2) is 32.9 Å².